The molecule has 6 atom stereocenters. The number of sulfone groups is 2. The van der Waals surface area contributed by atoms with E-state index < -0.39 is 104 Å². The maximum Gasteiger partial charge on any atom is 0.416 e. The molecular weight excluding hydrogens is 1270 g/mol. The Hall–Kier alpha value is -8.18. The number of anilines is 2. The van der Waals surface area contributed by atoms with Crippen molar-refractivity contribution in [2.24, 2.45) is 0 Å². The summed E-state index contributed by atoms with van der Waals surface area (Å²) in [5.74, 6) is -4.33. The van der Waals surface area contributed by atoms with Crippen LogP contribution in [0.3, 0.4) is 0 Å². The Kier molecular flexibility index (Phi) is 24.0. The van der Waals surface area contributed by atoms with Crippen LogP contribution >= 0.6 is 0 Å². The number of nitrogens with zero attached hydrogens (tertiary/aromatic N) is 4. The lowest BCUT2D eigenvalue weighted by molar-refractivity contribution is -0.138. The van der Waals surface area contributed by atoms with Gasteiger partial charge >= 0.3 is 25.6 Å². The Balaban J connectivity index is 0.000000261. The van der Waals surface area contributed by atoms with Crippen LogP contribution in [0.1, 0.15) is 130 Å². The topological polar surface area (TPSA) is 199 Å². The minimum absolute atomic E-state index is 0.0814. The van der Waals surface area contributed by atoms with E-state index in [1.165, 1.54) is 111 Å². The molecule has 92 heavy (non-hydrogen) atoms. The zero-order valence-electron chi connectivity index (χ0n) is 49.2. The van der Waals surface area contributed by atoms with Gasteiger partial charge in [-0.15, -0.1) is 0 Å². The highest BCUT2D eigenvalue weighted by Crippen LogP contribution is 2.39. The van der Waals surface area contributed by atoms with Gasteiger partial charge in [0.25, 0.3) is 11.8 Å². The molecular formula is C64H62F12N6O8S2. The minimum Gasteiger partial charge on any atom is -0.366 e. The van der Waals surface area contributed by atoms with Crippen molar-refractivity contribution in [2.45, 2.75) is 124 Å². The summed E-state index contributed by atoms with van der Waals surface area (Å²) in [4.78, 5) is 29.7. The van der Waals surface area contributed by atoms with E-state index in [0.29, 0.717) is 47.9 Å². The zero-order valence-corrected chi connectivity index (χ0v) is 50.8. The van der Waals surface area contributed by atoms with Crippen molar-refractivity contribution in [1.82, 2.24) is 10.6 Å². The summed E-state index contributed by atoms with van der Waals surface area (Å²) in [7, 11) is -6.94. The van der Waals surface area contributed by atoms with Crippen LogP contribution in [-0.4, -0.2) is 91.8 Å². The number of nitrogens with one attached hydrogen (secondary N) is 2. The molecule has 0 aromatic heterocycles. The van der Waals surface area contributed by atoms with Gasteiger partial charge in [0.2, 0.25) is 0 Å². The fraction of sp³-hybridized carbons (Fsp3) is 0.375. The van der Waals surface area contributed by atoms with Gasteiger partial charge in [-0.05, 0) is 133 Å². The first-order valence-electron chi connectivity index (χ1n) is 28.7. The van der Waals surface area contributed by atoms with Crippen LogP contribution < -0.4 is 20.4 Å². The first-order chi connectivity index (χ1) is 43.5. The predicted octanol–water partition coefficient (Wildman–Crippen LogP) is 14.0. The Morgan fingerprint density at radius 1 is 0.533 bits per heavy atom. The molecule has 28 heteroatoms. The standard InChI is InChI=1S/2C32H31F6N3O4S/c2*1-2-46(43,44)26-12-6-21(7-13-26)29(15-16-39)40-30(42)27-14-11-24(17-28(27)33)41-18-22(5-10-25(41)19-45-31(34)35)20-3-8-23(9-4-20)32(36,37)38/h2*3-4,6-9,11-14,17,22,25,29,31H,2,5,10,15,18-19H2,1H3,(H,40,42)/t22-,25+,29+;22-,25-,29-/m10/s1. The van der Waals surface area contributed by atoms with Gasteiger partial charge in [-0.2, -0.15) is 54.4 Å². The van der Waals surface area contributed by atoms with Gasteiger partial charge < -0.3 is 29.9 Å². The zero-order chi connectivity index (χ0) is 67.3. The third-order valence-electron chi connectivity index (χ3n) is 16.0. The molecule has 8 rings (SSSR count). The number of nitriles is 2. The van der Waals surface area contributed by atoms with Crippen molar-refractivity contribution in [3.05, 3.63) is 190 Å². The third kappa shape index (κ3) is 18.5. The minimum atomic E-state index is -4.50. The second-order valence-corrected chi connectivity index (χ2v) is 26.2. The first kappa shape index (κ1) is 71.3. The summed E-state index contributed by atoms with van der Waals surface area (Å²) in [6, 6.07) is 29.1. The molecule has 2 aliphatic heterocycles. The molecule has 2 fully saturated rings. The van der Waals surface area contributed by atoms with E-state index in [4.69, 9.17) is 0 Å². The van der Waals surface area contributed by atoms with Crippen LogP contribution in [0.5, 0.6) is 0 Å². The average Bonchev–Trinajstić information content (AvgIpc) is 0.827. The second kappa shape index (κ2) is 31.0. The average molecular weight is 1340 g/mol. The van der Waals surface area contributed by atoms with E-state index in [1.54, 1.807) is 9.80 Å². The highest BCUT2D eigenvalue weighted by Gasteiger charge is 2.36. The third-order valence-corrected chi connectivity index (χ3v) is 19.5. The molecule has 2 N–H and O–H groups in total. The van der Waals surface area contributed by atoms with E-state index in [1.807, 2.05) is 12.1 Å². The van der Waals surface area contributed by atoms with Crippen molar-refractivity contribution in [3.8, 4) is 12.1 Å². The molecule has 2 aliphatic rings. The van der Waals surface area contributed by atoms with Gasteiger partial charge in [0, 0.05) is 36.3 Å². The number of piperidine rings is 2. The summed E-state index contributed by atoms with van der Waals surface area (Å²) in [6.07, 6.45) is -7.78. The van der Waals surface area contributed by atoms with Crippen molar-refractivity contribution in [3.63, 3.8) is 0 Å². The van der Waals surface area contributed by atoms with Crippen LogP contribution in [0.15, 0.2) is 143 Å². The summed E-state index contributed by atoms with van der Waals surface area (Å²) in [6.45, 7) is -3.49. The molecule has 6 aromatic rings. The molecule has 2 heterocycles. The molecule has 0 radical (unpaired) electrons. The van der Waals surface area contributed by atoms with Gasteiger partial charge in [0.15, 0.2) is 19.7 Å². The van der Waals surface area contributed by atoms with Gasteiger partial charge in [0.05, 0.1) is 106 Å². The van der Waals surface area contributed by atoms with Crippen LogP contribution in [0.25, 0.3) is 0 Å². The monoisotopic (exact) mass is 1330 g/mol. The van der Waals surface area contributed by atoms with Gasteiger partial charge in [-0.25, -0.2) is 25.6 Å². The van der Waals surface area contributed by atoms with Gasteiger partial charge in [0.1, 0.15) is 11.6 Å². The summed E-state index contributed by atoms with van der Waals surface area (Å²) < 4.78 is 218. The summed E-state index contributed by atoms with van der Waals surface area (Å²) >= 11 is 0. The molecule has 2 saturated heterocycles. The Morgan fingerprint density at radius 3 is 1.15 bits per heavy atom. The Labute approximate surface area is 523 Å². The molecule has 0 spiro atoms. The van der Waals surface area contributed by atoms with E-state index >= 15 is 8.78 Å². The van der Waals surface area contributed by atoms with Crippen molar-refractivity contribution in [2.75, 3.05) is 47.6 Å². The lowest BCUT2D eigenvalue weighted by atomic mass is 9.86. The van der Waals surface area contributed by atoms with Crippen molar-refractivity contribution < 1.29 is 88.6 Å². The first-order valence-corrected chi connectivity index (χ1v) is 32.0. The number of carbonyl (C=O) groups is 2. The maximum absolute atomic E-state index is 15.5. The lowest BCUT2D eigenvalue weighted by Crippen LogP contribution is -2.45. The highest BCUT2D eigenvalue weighted by molar-refractivity contribution is 7.91. The number of ether oxygens (including phenoxy) is 2. The Morgan fingerprint density at radius 2 is 0.870 bits per heavy atom. The molecule has 0 bridgehead atoms. The van der Waals surface area contributed by atoms with E-state index in [2.05, 4.69) is 20.1 Å². The Bertz CT molecular complexity index is 3570. The smallest absolute Gasteiger partial charge is 0.366 e. The number of amides is 2. The van der Waals surface area contributed by atoms with Crippen molar-refractivity contribution in [1.29, 1.82) is 10.5 Å². The van der Waals surface area contributed by atoms with E-state index in [9.17, 15) is 80.9 Å². The van der Waals surface area contributed by atoms with Crippen LogP contribution in [0.2, 0.25) is 0 Å². The lowest BCUT2D eigenvalue weighted by Gasteiger charge is -2.41. The molecule has 0 saturated carbocycles. The van der Waals surface area contributed by atoms with E-state index in [0.717, 1.165) is 36.4 Å². The second-order valence-electron chi connectivity index (χ2n) is 21.6. The molecule has 492 valence electrons. The highest BCUT2D eigenvalue weighted by atomic mass is 32.2. The van der Waals surface area contributed by atoms with Gasteiger partial charge in [-0.1, -0.05) is 62.4 Å². The SMILES string of the molecule is CCS(=O)(=O)c1ccc([C@H](CC#N)NC(=O)c2ccc(N3C[C@@H](c4ccc(C(F)(F)F)cc4)CC[C@H]3COC(F)F)cc2F)cc1.CCS(=O)(=O)c1ccc([C@H](CC#N)NC(=O)c2ccc(N3C[C@H](c4ccc(C(F)(F)F)cc4)CC[C@H]3COC(F)F)cc2F)cc1. The normalized spacial score (nSPS) is 17.8. The van der Waals surface area contributed by atoms with E-state index in [-0.39, 0.29) is 94.8 Å². The fourth-order valence-corrected chi connectivity index (χ4v) is 12.6. The van der Waals surface area contributed by atoms with Crippen molar-refractivity contribution >= 4 is 42.9 Å². The molecule has 0 aliphatic carbocycles. The molecule has 14 nitrogen and oxygen atoms in total. The molecule has 0 unspecified atom stereocenters. The summed E-state index contributed by atoms with van der Waals surface area (Å²) in [5, 5.41) is 23.8. The summed E-state index contributed by atoms with van der Waals surface area (Å²) in [5.41, 5.74) is 0.283. The number of benzene rings is 6. The number of hydrogen-bond acceptors (Lipinski definition) is 12. The fourth-order valence-electron chi connectivity index (χ4n) is 10.9. The number of halogens is 12. The molecule has 6 aromatic carbocycles. The predicted molar refractivity (Wildman–Crippen MR) is 315 cm³/mol. The number of carbonyl (C=O) groups excluding carboxylic acids is 2. The largest absolute Gasteiger partial charge is 0.416 e. The number of hydrogen-bond donors (Lipinski definition) is 2. The van der Waals surface area contributed by atoms with Crippen LogP contribution in [-0.2, 0) is 41.5 Å². The quantitative estimate of drug-likeness (QED) is 0.0611. The van der Waals surface area contributed by atoms with Gasteiger partial charge in [-0.3, -0.25) is 9.59 Å². The number of rotatable bonds is 22. The van der Waals surface area contributed by atoms with Crippen LogP contribution in [0.4, 0.5) is 64.1 Å². The molecule has 2 amide bonds. The van der Waals surface area contributed by atoms with Crippen LogP contribution in [0, 0.1) is 34.3 Å². The maximum atomic E-state index is 15.5. The number of alkyl halides is 10.